The lowest BCUT2D eigenvalue weighted by molar-refractivity contribution is -0.110. The van der Waals surface area contributed by atoms with E-state index in [9.17, 15) is 9.90 Å². The summed E-state index contributed by atoms with van der Waals surface area (Å²) in [7, 11) is 0. The van der Waals surface area contributed by atoms with Gasteiger partial charge in [-0.15, -0.1) is 11.3 Å². The lowest BCUT2D eigenvalue weighted by Crippen LogP contribution is -2.24. The summed E-state index contributed by atoms with van der Waals surface area (Å²) in [5.41, 5.74) is 6.08. The monoisotopic (exact) mass is 537 g/mol. The molecule has 38 heavy (non-hydrogen) atoms. The Morgan fingerprint density at radius 2 is 1.53 bits per heavy atom. The molecule has 3 aromatic rings. The molecule has 208 valence electrons. The average molecular weight is 538 g/mol. The van der Waals surface area contributed by atoms with Gasteiger partial charge in [-0.2, -0.15) is 0 Å². The zero-order chi connectivity index (χ0) is 28.8. The maximum Gasteiger partial charge on any atom is 0.256 e. The predicted molar refractivity (Wildman–Crippen MR) is 168 cm³/mol. The molecule has 2 heterocycles. The van der Waals surface area contributed by atoms with Crippen LogP contribution in [0.25, 0.3) is 16.7 Å². The fourth-order valence-electron chi connectivity index (χ4n) is 4.16. The summed E-state index contributed by atoms with van der Waals surface area (Å²) in [5, 5.41) is 14.5. The van der Waals surface area contributed by atoms with Crippen molar-refractivity contribution in [2.24, 2.45) is 0 Å². The van der Waals surface area contributed by atoms with E-state index in [2.05, 4.69) is 48.1 Å². The highest BCUT2D eigenvalue weighted by atomic mass is 32.1. The van der Waals surface area contributed by atoms with Crippen molar-refractivity contribution in [3.8, 4) is 16.9 Å². The number of aromatic nitrogens is 1. The fourth-order valence-corrected chi connectivity index (χ4v) is 4.84. The highest BCUT2D eigenvalue weighted by molar-refractivity contribution is 7.11. The van der Waals surface area contributed by atoms with Crippen molar-refractivity contribution in [1.82, 2.24) is 4.98 Å². The molecule has 6 heteroatoms. The number of benzene rings is 2. The van der Waals surface area contributed by atoms with Crippen LogP contribution in [0.1, 0.15) is 83.7 Å². The van der Waals surface area contributed by atoms with E-state index in [1.807, 2.05) is 72.9 Å². The summed E-state index contributed by atoms with van der Waals surface area (Å²) in [6.07, 6.45) is 4.11. The first kappa shape index (κ1) is 32.9. The van der Waals surface area contributed by atoms with E-state index in [-0.39, 0.29) is 11.7 Å². The third kappa shape index (κ3) is 8.73. The molecule has 1 aromatic heterocycles. The van der Waals surface area contributed by atoms with E-state index in [4.69, 9.17) is 0 Å². The van der Waals surface area contributed by atoms with Crippen molar-refractivity contribution >= 4 is 34.2 Å². The SMILES string of the molecule is CC.CC.CCCN(CCC)c1ccc(-c2cc3c(cc2O)NC(=O)C3=C(C)C)cc1.Cc1cnc(C)s1. The van der Waals surface area contributed by atoms with E-state index in [0.717, 1.165) is 53.2 Å². The fraction of sp³-hybridized carbons (Fsp3) is 0.438. The number of rotatable bonds is 6. The van der Waals surface area contributed by atoms with Crippen LogP contribution in [-0.4, -0.2) is 29.1 Å². The maximum absolute atomic E-state index is 12.2. The van der Waals surface area contributed by atoms with Gasteiger partial charge in [-0.1, -0.05) is 59.2 Å². The van der Waals surface area contributed by atoms with Gasteiger partial charge in [0.25, 0.3) is 5.91 Å². The number of hydrogen-bond donors (Lipinski definition) is 2. The Bertz CT molecular complexity index is 1150. The molecule has 1 aliphatic heterocycles. The second-order valence-corrected chi connectivity index (χ2v) is 10.2. The third-order valence-electron chi connectivity index (χ3n) is 5.65. The number of nitrogens with one attached hydrogen (secondary N) is 1. The van der Waals surface area contributed by atoms with Crippen LogP contribution in [0.2, 0.25) is 0 Å². The van der Waals surface area contributed by atoms with E-state index < -0.39 is 0 Å². The normalized spacial score (nSPS) is 11.1. The Balaban J connectivity index is 0.000000554. The predicted octanol–water partition coefficient (Wildman–Crippen LogP) is 9.24. The second-order valence-electron chi connectivity index (χ2n) is 8.77. The molecule has 2 aromatic carbocycles. The first-order valence-electron chi connectivity index (χ1n) is 13.9. The molecule has 0 aliphatic carbocycles. The van der Waals surface area contributed by atoms with Crippen LogP contribution in [0, 0.1) is 13.8 Å². The zero-order valence-corrected chi connectivity index (χ0v) is 25.8. The maximum atomic E-state index is 12.2. The topological polar surface area (TPSA) is 65.5 Å². The molecule has 0 fully saturated rings. The van der Waals surface area contributed by atoms with Crippen LogP contribution in [0.15, 0.2) is 48.2 Å². The van der Waals surface area contributed by atoms with Gasteiger partial charge in [-0.05, 0) is 64.3 Å². The first-order valence-corrected chi connectivity index (χ1v) is 14.7. The summed E-state index contributed by atoms with van der Waals surface area (Å²) < 4.78 is 0. The van der Waals surface area contributed by atoms with Crippen LogP contribution < -0.4 is 10.2 Å². The van der Waals surface area contributed by atoms with Gasteiger partial charge in [-0.25, -0.2) is 4.98 Å². The van der Waals surface area contributed by atoms with Crippen molar-refractivity contribution in [3.63, 3.8) is 0 Å². The number of allylic oxidation sites excluding steroid dienone is 1. The highest BCUT2D eigenvalue weighted by Gasteiger charge is 2.27. The number of carbonyl (C=O) groups is 1. The Labute approximate surface area is 234 Å². The molecule has 0 spiro atoms. The highest BCUT2D eigenvalue weighted by Crippen LogP contribution is 2.41. The zero-order valence-electron chi connectivity index (χ0n) is 25.0. The molecular formula is C32H47N3O2S. The first-order chi connectivity index (χ1) is 18.2. The van der Waals surface area contributed by atoms with Gasteiger partial charge in [-0.3, -0.25) is 4.79 Å². The summed E-state index contributed by atoms with van der Waals surface area (Å²) in [5.74, 6) is 0.0717. The van der Waals surface area contributed by atoms with Crippen molar-refractivity contribution in [2.75, 3.05) is 23.3 Å². The molecule has 0 atom stereocenters. The number of phenols is 1. The quantitative estimate of drug-likeness (QED) is 0.308. The van der Waals surface area contributed by atoms with E-state index in [1.54, 1.807) is 17.4 Å². The molecule has 1 aliphatic rings. The van der Waals surface area contributed by atoms with Crippen molar-refractivity contribution < 1.29 is 9.90 Å². The minimum atomic E-state index is -0.105. The van der Waals surface area contributed by atoms with Gasteiger partial charge >= 0.3 is 0 Å². The minimum absolute atomic E-state index is 0.105. The van der Waals surface area contributed by atoms with Gasteiger partial charge < -0.3 is 15.3 Å². The van der Waals surface area contributed by atoms with Crippen LogP contribution in [-0.2, 0) is 4.79 Å². The number of hydrogen-bond acceptors (Lipinski definition) is 5. The average Bonchev–Trinajstić information content (AvgIpc) is 3.45. The van der Waals surface area contributed by atoms with E-state index in [1.165, 1.54) is 10.6 Å². The summed E-state index contributed by atoms with van der Waals surface area (Å²) in [6, 6.07) is 11.9. The van der Waals surface area contributed by atoms with Crippen LogP contribution in [0.5, 0.6) is 5.75 Å². The number of amides is 1. The Morgan fingerprint density at radius 3 is 1.95 bits per heavy atom. The lowest BCUT2D eigenvalue weighted by atomic mass is 9.96. The van der Waals surface area contributed by atoms with Crippen molar-refractivity contribution in [3.05, 3.63) is 63.6 Å². The standard InChI is InChI=1S/C23H28N2O2.C5H7NS.2C2H6/c1-5-11-25(12-6-2)17-9-7-16(8-10-17)18-13-19-20(14-21(18)26)24-23(27)22(19)15(3)4;1-4-3-6-5(2)7-4;2*1-2/h7-10,13-14,26H,5-6,11-12H2,1-4H3,(H,24,27);3H,1-2H3;2*1-2H3. The Kier molecular flexibility index (Phi) is 14.4. The molecule has 0 saturated carbocycles. The van der Waals surface area contributed by atoms with Crippen LogP contribution in [0.3, 0.4) is 0 Å². The molecule has 0 saturated heterocycles. The van der Waals surface area contributed by atoms with Gasteiger partial charge in [0.2, 0.25) is 0 Å². The number of thiazole rings is 1. The number of phenolic OH excluding ortho intramolecular Hbond substituents is 1. The molecule has 0 bridgehead atoms. The number of nitrogens with zero attached hydrogens (tertiary/aromatic N) is 2. The van der Waals surface area contributed by atoms with Crippen LogP contribution in [0.4, 0.5) is 11.4 Å². The molecule has 5 nitrogen and oxygen atoms in total. The van der Waals surface area contributed by atoms with Gasteiger partial charge in [0.1, 0.15) is 5.75 Å². The Hall–Kier alpha value is -3.12. The number of aryl methyl sites for hydroxylation is 2. The molecule has 4 rings (SSSR count). The molecule has 0 unspecified atom stereocenters. The number of anilines is 2. The molecular weight excluding hydrogens is 490 g/mol. The Morgan fingerprint density at radius 1 is 0.947 bits per heavy atom. The number of fused-ring (bicyclic) bond motifs is 1. The van der Waals surface area contributed by atoms with E-state index >= 15 is 0 Å². The van der Waals surface area contributed by atoms with Crippen molar-refractivity contribution in [2.45, 2.75) is 82.1 Å². The molecule has 1 amide bonds. The lowest BCUT2D eigenvalue weighted by Gasteiger charge is -2.24. The van der Waals surface area contributed by atoms with Gasteiger partial charge in [0.05, 0.1) is 10.7 Å². The summed E-state index contributed by atoms with van der Waals surface area (Å²) in [6.45, 7) is 22.4. The third-order valence-corrected chi connectivity index (χ3v) is 6.48. The second kappa shape index (κ2) is 16.7. The van der Waals surface area contributed by atoms with Crippen molar-refractivity contribution in [1.29, 1.82) is 0 Å². The molecule has 0 radical (unpaired) electrons. The summed E-state index contributed by atoms with van der Waals surface area (Å²) >= 11 is 1.73. The van der Waals surface area contributed by atoms with Gasteiger partial charge in [0.15, 0.2) is 0 Å². The minimum Gasteiger partial charge on any atom is -0.507 e. The number of aromatic hydroxyl groups is 1. The van der Waals surface area contributed by atoms with Gasteiger partial charge in [0, 0.05) is 52.6 Å². The largest absolute Gasteiger partial charge is 0.507 e. The number of carbonyl (C=O) groups excluding carboxylic acids is 1. The summed E-state index contributed by atoms with van der Waals surface area (Å²) in [4.78, 5) is 19.9. The smallest absolute Gasteiger partial charge is 0.256 e. The van der Waals surface area contributed by atoms with Crippen LogP contribution >= 0.6 is 11.3 Å². The van der Waals surface area contributed by atoms with E-state index in [0.29, 0.717) is 11.3 Å². The molecule has 2 N–H and O–H groups in total.